The fourth-order valence-corrected chi connectivity index (χ4v) is 1.46. The number of hydrogen-bond acceptors (Lipinski definition) is 4. The maximum atomic E-state index is 5.62. The lowest BCUT2D eigenvalue weighted by Gasteiger charge is -2.09. The number of rotatable bonds is 3. The molecule has 0 amide bonds. The van der Waals surface area contributed by atoms with Gasteiger partial charge in [0.25, 0.3) is 0 Å². The molecule has 2 rings (SSSR count). The first kappa shape index (κ1) is 9.58. The minimum absolute atomic E-state index is 0.118. The molecule has 0 aliphatic carbocycles. The number of hydrogen-bond donors (Lipinski definition) is 1. The van der Waals surface area contributed by atoms with Gasteiger partial charge in [-0.15, -0.1) is 0 Å². The number of pyridine rings is 1. The minimum atomic E-state index is -0.312. The first-order valence-electron chi connectivity index (χ1n) is 4.78. The van der Waals surface area contributed by atoms with E-state index in [9.17, 15) is 0 Å². The van der Waals surface area contributed by atoms with E-state index in [0.717, 1.165) is 12.1 Å². The van der Waals surface area contributed by atoms with E-state index in [4.69, 9.17) is 15.2 Å². The Balaban J connectivity index is 1.96. The second-order valence-corrected chi connectivity index (χ2v) is 3.26. The third-order valence-electron chi connectivity index (χ3n) is 2.17. The highest BCUT2D eigenvalue weighted by atomic mass is 16.7. The molecule has 1 aliphatic rings. The third-order valence-corrected chi connectivity index (χ3v) is 2.17. The van der Waals surface area contributed by atoms with Crippen molar-refractivity contribution in [2.24, 2.45) is 5.73 Å². The van der Waals surface area contributed by atoms with Crippen molar-refractivity contribution in [2.45, 2.75) is 18.8 Å². The van der Waals surface area contributed by atoms with Gasteiger partial charge in [0.2, 0.25) is 6.29 Å². The van der Waals surface area contributed by atoms with Crippen LogP contribution in [0.2, 0.25) is 0 Å². The van der Waals surface area contributed by atoms with Crippen molar-refractivity contribution >= 4 is 0 Å². The Morgan fingerprint density at radius 1 is 1.50 bits per heavy atom. The van der Waals surface area contributed by atoms with E-state index < -0.39 is 0 Å². The first-order valence-corrected chi connectivity index (χ1v) is 4.78. The van der Waals surface area contributed by atoms with Gasteiger partial charge in [-0.1, -0.05) is 6.07 Å². The molecule has 4 nitrogen and oxygen atoms in total. The van der Waals surface area contributed by atoms with Gasteiger partial charge in [0, 0.05) is 6.20 Å². The molecule has 1 saturated heterocycles. The Morgan fingerprint density at radius 2 is 2.43 bits per heavy atom. The molecule has 0 bridgehead atoms. The fourth-order valence-electron chi connectivity index (χ4n) is 1.46. The molecular weight excluding hydrogens is 180 g/mol. The summed E-state index contributed by atoms with van der Waals surface area (Å²) >= 11 is 0. The van der Waals surface area contributed by atoms with Crippen molar-refractivity contribution < 1.29 is 9.47 Å². The molecule has 0 spiro atoms. The van der Waals surface area contributed by atoms with Gasteiger partial charge < -0.3 is 15.2 Å². The Bertz CT molecular complexity index is 279. The lowest BCUT2D eigenvalue weighted by atomic mass is 10.3. The van der Waals surface area contributed by atoms with Crippen LogP contribution in [0, 0.1) is 0 Å². The predicted molar refractivity (Wildman–Crippen MR) is 51.5 cm³/mol. The Kier molecular flexibility index (Phi) is 3.08. The van der Waals surface area contributed by atoms with Crippen LogP contribution in [0.4, 0.5) is 0 Å². The zero-order valence-corrected chi connectivity index (χ0v) is 7.93. The highest BCUT2D eigenvalue weighted by Crippen LogP contribution is 2.26. The second kappa shape index (κ2) is 4.50. The molecule has 0 radical (unpaired) electrons. The van der Waals surface area contributed by atoms with Crippen LogP contribution in [0.25, 0.3) is 0 Å². The average Bonchev–Trinajstić information content (AvgIpc) is 2.68. The molecule has 14 heavy (non-hydrogen) atoms. The Morgan fingerprint density at radius 3 is 3.14 bits per heavy atom. The van der Waals surface area contributed by atoms with Crippen LogP contribution in [-0.2, 0) is 9.47 Å². The summed E-state index contributed by atoms with van der Waals surface area (Å²) in [6.45, 7) is 1.24. The van der Waals surface area contributed by atoms with Crippen LogP contribution >= 0.6 is 0 Å². The van der Waals surface area contributed by atoms with E-state index in [1.165, 1.54) is 0 Å². The number of nitrogens with two attached hydrogens (primary N) is 1. The van der Waals surface area contributed by atoms with E-state index in [-0.39, 0.29) is 12.4 Å². The number of ether oxygens (including phenoxy) is 2. The zero-order valence-electron chi connectivity index (χ0n) is 7.93. The molecule has 0 aromatic carbocycles. The summed E-state index contributed by atoms with van der Waals surface area (Å²) < 4.78 is 11.1. The highest BCUT2D eigenvalue weighted by Gasteiger charge is 2.27. The molecule has 1 aliphatic heterocycles. The van der Waals surface area contributed by atoms with Crippen LogP contribution < -0.4 is 5.73 Å². The number of aromatic nitrogens is 1. The summed E-state index contributed by atoms with van der Waals surface area (Å²) in [5.74, 6) is 0. The Hall–Kier alpha value is -0.970. The van der Waals surface area contributed by atoms with Gasteiger partial charge in [-0.3, -0.25) is 4.98 Å². The smallest absolute Gasteiger partial charge is 0.201 e. The van der Waals surface area contributed by atoms with Gasteiger partial charge in [-0.05, 0) is 25.1 Å². The van der Waals surface area contributed by atoms with E-state index in [1.807, 2.05) is 18.2 Å². The monoisotopic (exact) mass is 194 g/mol. The van der Waals surface area contributed by atoms with Gasteiger partial charge in [0.05, 0.1) is 18.4 Å². The molecule has 0 saturated carbocycles. The average molecular weight is 194 g/mol. The van der Waals surface area contributed by atoms with E-state index in [2.05, 4.69) is 4.98 Å². The normalized spacial score (nSPS) is 26.6. The van der Waals surface area contributed by atoms with Gasteiger partial charge in [-0.2, -0.15) is 0 Å². The molecule has 1 aromatic rings. The lowest BCUT2D eigenvalue weighted by molar-refractivity contribution is -0.0636. The first-order chi connectivity index (χ1) is 6.90. The molecule has 1 aromatic heterocycles. The zero-order chi connectivity index (χ0) is 9.80. The van der Waals surface area contributed by atoms with Crippen LogP contribution in [-0.4, -0.2) is 24.2 Å². The van der Waals surface area contributed by atoms with E-state index >= 15 is 0 Å². The van der Waals surface area contributed by atoms with Gasteiger partial charge in [-0.25, -0.2) is 0 Å². The van der Waals surface area contributed by atoms with Gasteiger partial charge in [0.15, 0.2) is 0 Å². The van der Waals surface area contributed by atoms with Crippen molar-refractivity contribution in [3.05, 3.63) is 30.1 Å². The molecule has 1 fully saturated rings. The van der Waals surface area contributed by atoms with Gasteiger partial charge in [0.1, 0.15) is 0 Å². The molecule has 2 heterocycles. The van der Waals surface area contributed by atoms with Crippen molar-refractivity contribution in [3.63, 3.8) is 0 Å². The standard InChI is InChI=1S/C10H14N2O2/c11-5-4-8-7-13-10(14-8)9-3-1-2-6-12-9/h1-3,6,8,10H,4-5,7,11H2. The quantitative estimate of drug-likeness (QED) is 0.774. The summed E-state index contributed by atoms with van der Waals surface area (Å²) in [7, 11) is 0. The molecule has 4 heteroatoms. The third kappa shape index (κ3) is 2.09. The van der Waals surface area contributed by atoms with E-state index in [0.29, 0.717) is 13.2 Å². The second-order valence-electron chi connectivity index (χ2n) is 3.26. The van der Waals surface area contributed by atoms with Crippen LogP contribution in [0.15, 0.2) is 24.4 Å². The molecule has 2 unspecified atom stereocenters. The SMILES string of the molecule is NCCC1COC(c2ccccn2)O1. The largest absolute Gasteiger partial charge is 0.344 e. The minimum Gasteiger partial charge on any atom is -0.344 e. The van der Waals surface area contributed by atoms with Crippen LogP contribution in [0.1, 0.15) is 18.4 Å². The molecular formula is C10H14N2O2. The maximum Gasteiger partial charge on any atom is 0.201 e. The van der Waals surface area contributed by atoms with Crippen LogP contribution in [0.3, 0.4) is 0 Å². The van der Waals surface area contributed by atoms with Crippen molar-refractivity contribution in [1.82, 2.24) is 4.98 Å². The van der Waals surface area contributed by atoms with Crippen LogP contribution in [0.5, 0.6) is 0 Å². The molecule has 2 N–H and O–H groups in total. The van der Waals surface area contributed by atoms with E-state index in [1.54, 1.807) is 6.20 Å². The maximum absolute atomic E-state index is 5.62. The fraction of sp³-hybridized carbons (Fsp3) is 0.500. The summed E-state index contributed by atoms with van der Waals surface area (Å²) in [6.07, 6.45) is 2.38. The van der Waals surface area contributed by atoms with Crippen molar-refractivity contribution in [2.75, 3.05) is 13.2 Å². The Labute approximate surface area is 83.0 Å². The summed E-state index contributed by atoms with van der Waals surface area (Å²) in [4.78, 5) is 4.17. The van der Waals surface area contributed by atoms with Gasteiger partial charge >= 0.3 is 0 Å². The predicted octanol–water partition coefficient (Wildman–Crippen LogP) is 0.844. The van der Waals surface area contributed by atoms with Crippen molar-refractivity contribution in [3.8, 4) is 0 Å². The molecule has 76 valence electrons. The number of nitrogens with zero attached hydrogens (tertiary/aromatic N) is 1. The van der Waals surface area contributed by atoms with Crippen molar-refractivity contribution in [1.29, 1.82) is 0 Å². The molecule has 2 atom stereocenters. The summed E-state index contributed by atoms with van der Waals surface area (Å²) in [6, 6.07) is 5.69. The lowest BCUT2D eigenvalue weighted by Crippen LogP contribution is -2.15. The summed E-state index contributed by atoms with van der Waals surface area (Å²) in [5, 5.41) is 0. The topological polar surface area (TPSA) is 57.4 Å². The highest BCUT2D eigenvalue weighted by molar-refractivity contribution is 5.05. The summed E-state index contributed by atoms with van der Waals surface area (Å²) in [5.41, 5.74) is 6.27.